The van der Waals surface area contributed by atoms with Gasteiger partial charge in [0.05, 0.1) is 11.1 Å². The maximum atomic E-state index is 11.6. The number of carbonyl (C=O) groups is 1. The first-order chi connectivity index (χ1) is 9.97. The molecule has 108 valence electrons. The third-order valence-electron chi connectivity index (χ3n) is 2.56. The number of furan rings is 1. The van der Waals surface area contributed by atoms with Crippen molar-refractivity contribution in [2.75, 3.05) is 0 Å². The van der Waals surface area contributed by atoms with Crippen LogP contribution >= 0.6 is 0 Å². The number of aryl methyl sites for hydroxylation is 1. The molecule has 21 heavy (non-hydrogen) atoms. The van der Waals surface area contributed by atoms with Crippen LogP contribution in [-0.4, -0.2) is 22.2 Å². The van der Waals surface area contributed by atoms with E-state index in [2.05, 4.69) is 10.5 Å². The highest BCUT2D eigenvalue weighted by Crippen LogP contribution is 2.21. The van der Waals surface area contributed by atoms with Crippen molar-refractivity contribution in [1.29, 1.82) is 0 Å². The van der Waals surface area contributed by atoms with E-state index in [9.17, 15) is 20.0 Å². The second kappa shape index (κ2) is 5.87. The van der Waals surface area contributed by atoms with E-state index in [0.717, 1.165) is 18.3 Å². The van der Waals surface area contributed by atoms with Gasteiger partial charge in [-0.25, -0.2) is 5.43 Å². The van der Waals surface area contributed by atoms with Gasteiger partial charge in [0.15, 0.2) is 5.76 Å². The van der Waals surface area contributed by atoms with E-state index in [1.54, 1.807) is 13.0 Å². The van der Waals surface area contributed by atoms with E-state index in [4.69, 9.17) is 4.42 Å². The molecule has 0 aliphatic rings. The summed E-state index contributed by atoms with van der Waals surface area (Å²) in [4.78, 5) is 21.7. The fourth-order valence-corrected chi connectivity index (χ4v) is 1.53. The molecular weight excluding hydrogens is 278 g/mol. The van der Waals surface area contributed by atoms with Crippen LogP contribution in [-0.2, 0) is 0 Å². The number of hydrogen-bond donors (Lipinski definition) is 2. The van der Waals surface area contributed by atoms with Crippen LogP contribution < -0.4 is 5.43 Å². The summed E-state index contributed by atoms with van der Waals surface area (Å²) in [6.45, 7) is 1.70. The fourth-order valence-electron chi connectivity index (χ4n) is 1.53. The molecule has 1 aromatic heterocycles. The normalized spacial score (nSPS) is 10.7. The number of rotatable bonds is 4. The van der Waals surface area contributed by atoms with Gasteiger partial charge < -0.3 is 9.52 Å². The van der Waals surface area contributed by atoms with Gasteiger partial charge >= 0.3 is 5.91 Å². The number of aromatic hydroxyl groups is 1. The molecule has 0 aliphatic heterocycles. The molecule has 0 radical (unpaired) electrons. The minimum atomic E-state index is -0.596. The predicted molar refractivity (Wildman–Crippen MR) is 73.3 cm³/mol. The minimum absolute atomic E-state index is 0.0907. The van der Waals surface area contributed by atoms with Crippen LogP contribution in [0.25, 0.3) is 0 Å². The molecular formula is C13H11N3O5. The zero-order valence-electron chi connectivity index (χ0n) is 10.9. The van der Waals surface area contributed by atoms with Gasteiger partial charge in [-0.2, -0.15) is 5.10 Å². The monoisotopic (exact) mass is 289 g/mol. The fraction of sp³-hybridized carbons (Fsp3) is 0.0769. The number of phenols is 1. The molecule has 2 aromatic rings. The Labute approximate surface area is 118 Å². The van der Waals surface area contributed by atoms with Gasteiger partial charge in [-0.05, 0) is 25.1 Å². The number of benzene rings is 1. The maximum Gasteiger partial charge on any atom is 0.307 e. The average molecular weight is 289 g/mol. The summed E-state index contributed by atoms with van der Waals surface area (Å²) in [6.07, 6.45) is 1.11. The van der Waals surface area contributed by atoms with Gasteiger partial charge in [-0.1, -0.05) is 0 Å². The van der Waals surface area contributed by atoms with Crippen molar-refractivity contribution < 1.29 is 19.2 Å². The van der Waals surface area contributed by atoms with Crippen LogP contribution in [0, 0.1) is 17.0 Å². The highest BCUT2D eigenvalue weighted by Gasteiger charge is 2.10. The second-order valence-electron chi connectivity index (χ2n) is 4.11. The third-order valence-corrected chi connectivity index (χ3v) is 2.56. The standard InChI is InChI=1S/C13H11N3O5/c1-8-2-5-12(21-8)13(18)15-14-7-9-6-10(16(19)20)3-4-11(9)17/h2-7,17H,1H3,(H,15,18)/b14-7-. The lowest BCUT2D eigenvalue weighted by Gasteiger charge is -1.99. The molecule has 1 amide bonds. The number of phenolic OH excluding ortho intramolecular Hbond substituents is 1. The maximum absolute atomic E-state index is 11.6. The van der Waals surface area contributed by atoms with Crippen molar-refractivity contribution in [3.63, 3.8) is 0 Å². The average Bonchev–Trinajstić information content (AvgIpc) is 2.87. The first-order valence-corrected chi connectivity index (χ1v) is 5.84. The first-order valence-electron chi connectivity index (χ1n) is 5.84. The van der Waals surface area contributed by atoms with E-state index in [0.29, 0.717) is 5.76 Å². The van der Waals surface area contributed by atoms with Gasteiger partial charge in [0, 0.05) is 17.7 Å². The zero-order chi connectivity index (χ0) is 15.4. The molecule has 0 atom stereocenters. The third kappa shape index (κ3) is 3.44. The Hall–Kier alpha value is -3.16. The number of nitro groups is 1. The Morgan fingerprint density at radius 3 is 2.81 bits per heavy atom. The number of nitrogens with one attached hydrogen (secondary N) is 1. The molecule has 0 saturated carbocycles. The molecule has 0 bridgehead atoms. The molecule has 0 aliphatic carbocycles. The van der Waals surface area contributed by atoms with E-state index in [1.165, 1.54) is 12.1 Å². The lowest BCUT2D eigenvalue weighted by Crippen LogP contribution is -2.16. The molecule has 8 nitrogen and oxygen atoms in total. The zero-order valence-corrected chi connectivity index (χ0v) is 10.9. The summed E-state index contributed by atoms with van der Waals surface area (Å²) >= 11 is 0. The number of hydrazone groups is 1. The van der Waals surface area contributed by atoms with Crippen molar-refractivity contribution >= 4 is 17.8 Å². The van der Waals surface area contributed by atoms with Crippen molar-refractivity contribution in [2.45, 2.75) is 6.92 Å². The van der Waals surface area contributed by atoms with Crippen molar-refractivity contribution in [3.05, 3.63) is 57.5 Å². The molecule has 0 saturated heterocycles. The smallest absolute Gasteiger partial charge is 0.307 e. The number of nitrogens with zero attached hydrogens (tertiary/aromatic N) is 2. The van der Waals surface area contributed by atoms with Crippen molar-refractivity contribution in [1.82, 2.24) is 5.43 Å². The SMILES string of the molecule is Cc1ccc(C(=O)N/N=C\c2cc([N+](=O)[O-])ccc2O)o1. The Morgan fingerprint density at radius 2 is 2.19 bits per heavy atom. The Balaban J connectivity index is 2.09. The topological polar surface area (TPSA) is 118 Å². The molecule has 1 heterocycles. The van der Waals surface area contributed by atoms with Gasteiger partial charge in [-0.3, -0.25) is 14.9 Å². The van der Waals surface area contributed by atoms with Crippen LogP contribution in [0.4, 0.5) is 5.69 Å². The van der Waals surface area contributed by atoms with Crippen molar-refractivity contribution in [2.24, 2.45) is 5.10 Å². The van der Waals surface area contributed by atoms with E-state index >= 15 is 0 Å². The second-order valence-corrected chi connectivity index (χ2v) is 4.11. The predicted octanol–water partition coefficient (Wildman–Crippen LogP) is 1.97. The first kappa shape index (κ1) is 14.3. The van der Waals surface area contributed by atoms with Gasteiger partial charge in [0.2, 0.25) is 0 Å². The summed E-state index contributed by atoms with van der Waals surface area (Å²) in [6, 6.07) is 6.60. The molecule has 2 rings (SSSR count). The highest BCUT2D eigenvalue weighted by atomic mass is 16.6. The molecule has 0 spiro atoms. The Kier molecular flexibility index (Phi) is 3.98. The quantitative estimate of drug-likeness (QED) is 0.506. The van der Waals surface area contributed by atoms with Crippen LogP contribution in [0.15, 0.2) is 39.9 Å². The number of amides is 1. The summed E-state index contributed by atoms with van der Waals surface area (Å²) < 4.78 is 5.10. The van der Waals surface area contributed by atoms with Gasteiger partial charge in [0.1, 0.15) is 11.5 Å². The van der Waals surface area contributed by atoms with Crippen LogP contribution in [0.3, 0.4) is 0 Å². The summed E-state index contributed by atoms with van der Waals surface area (Å²) in [7, 11) is 0. The summed E-state index contributed by atoms with van der Waals surface area (Å²) in [5.74, 6) is -0.0786. The largest absolute Gasteiger partial charge is 0.507 e. The molecule has 8 heteroatoms. The Morgan fingerprint density at radius 1 is 1.43 bits per heavy atom. The molecule has 2 N–H and O–H groups in total. The summed E-state index contributed by atoms with van der Waals surface area (Å²) in [5, 5.41) is 23.8. The van der Waals surface area contributed by atoms with Crippen LogP contribution in [0.1, 0.15) is 21.9 Å². The van der Waals surface area contributed by atoms with Crippen molar-refractivity contribution in [3.8, 4) is 5.75 Å². The molecule has 0 unspecified atom stereocenters. The molecule has 1 aromatic carbocycles. The summed E-state index contributed by atoms with van der Waals surface area (Å²) in [5.41, 5.74) is 2.11. The number of carbonyl (C=O) groups excluding carboxylic acids is 1. The lowest BCUT2D eigenvalue weighted by molar-refractivity contribution is -0.384. The van der Waals surface area contributed by atoms with E-state index in [1.807, 2.05) is 0 Å². The number of nitro benzene ring substituents is 1. The lowest BCUT2D eigenvalue weighted by atomic mass is 10.2. The van der Waals surface area contributed by atoms with E-state index < -0.39 is 10.8 Å². The number of non-ortho nitro benzene ring substituents is 1. The van der Waals surface area contributed by atoms with Crippen LogP contribution in [0.2, 0.25) is 0 Å². The highest BCUT2D eigenvalue weighted by molar-refractivity contribution is 5.92. The van der Waals surface area contributed by atoms with Gasteiger partial charge in [0.25, 0.3) is 5.69 Å². The number of hydrogen-bond acceptors (Lipinski definition) is 6. The van der Waals surface area contributed by atoms with Crippen LogP contribution in [0.5, 0.6) is 5.75 Å². The molecule has 0 fully saturated rings. The van der Waals surface area contributed by atoms with E-state index in [-0.39, 0.29) is 22.8 Å². The van der Waals surface area contributed by atoms with Gasteiger partial charge in [-0.15, -0.1) is 0 Å². The minimum Gasteiger partial charge on any atom is -0.507 e. The Bertz CT molecular complexity index is 720.